The fraction of sp³-hybridized carbons (Fsp3) is 0.900. The van der Waals surface area contributed by atoms with Crippen LogP contribution in [0.25, 0.3) is 0 Å². The Bertz CT molecular complexity index is 232. The van der Waals surface area contributed by atoms with E-state index in [0.717, 1.165) is 32.5 Å². The van der Waals surface area contributed by atoms with E-state index in [1.54, 1.807) is 0 Å². The monoisotopic (exact) mass is 197 g/mol. The molecule has 0 aromatic rings. The lowest BCUT2D eigenvalue weighted by molar-refractivity contribution is 0.0138. The van der Waals surface area contributed by atoms with Gasteiger partial charge in [-0.2, -0.15) is 0 Å². The molecule has 0 aromatic heterocycles. The van der Waals surface area contributed by atoms with Crippen molar-refractivity contribution in [3.8, 4) is 0 Å². The highest BCUT2D eigenvalue weighted by Crippen LogP contribution is 2.29. The molecule has 1 fully saturated rings. The Morgan fingerprint density at radius 1 is 1.50 bits per heavy atom. The van der Waals surface area contributed by atoms with Crippen LogP contribution in [-0.4, -0.2) is 42.7 Å². The maximum atomic E-state index is 5.62. The average Bonchev–Trinajstić information content (AvgIpc) is 2.53. The summed E-state index contributed by atoms with van der Waals surface area (Å²) >= 11 is 0. The number of likely N-dealkylation sites (tertiary alicyclic amines) is 1. The molecule has 0 radical (unpaired) electrons. The third kappa shape index (κ3) is 1.85. The predicted molar refractivity (Wildman–Crippen MR) is 56.3 cm³/mol. The summed E-state index contributed by atoms with van der Waals surface area (Å²) in [7, 11) is 0. The third-order valence-electron chi connectivity index (χ3n) is 3.15. The minimum Gasteiger partial charge on any atom is -0.457 e. The standard InChI is InChI=1S/C10H19N3O/c1-2-5-13-6-3-10(4-7-13)8-12-9(11)14-10/h2-8H2,1H3,(H2,11,12). The smallest absolute Gasteiger partial charge is 0.282 e. The summed E-state index contributed by atoms with van der Waals surface area (Å²) in [4.78, 5) is 6.63. The quantitative estimate of drug-likeness (QED) is 0.704. The highest BCUT2D eigenvalue weighted by molar-refractivity contribution is 5.73. The Morgan fingerprint density at radius 3 is 2.71 bits per heavy atom. The number of ether oxygens (including phenoxy) is 1. The van der Waals surface area contributed by atoms with Crippen molar-refractivity contribution in [2.75, 3.05) is 26.2 Å². The minimum atomic E-state index is -0.0473. The summed E-state index contributed by atoms with van der Waals surface area (Å²) < 4.78 is 5.62. The van der Waals surface area contributed by atoms with Crippen LogP contribution >= 0.6 is 0 Å². The second-order valence-corrected chi connectivity index (χ2v) is 4.28. The van der Waals surface area contributed by atoms with E-state index in [0.29, 0.717) is 6.02 Å². The zero-order valence-electron chi connectivity index (χ0n) is 8.83. The number of piperidine rings is 1. The van der Waals surface area contributed by atoms with Gasteiger partial charge in [0.25, 0.3) is 6.02 Å². The fourth-order valence-electron chi connectivity index (χ4n) is 2.27. The van der Waals surface area contributed by atoms with E-state index in [9.17, 15) is 0 Å². The molecule has 0 unspecified atom stereocenters. The van der Waals surface area contributed by atoms with Gasteiger partial charge >= 0.3 is 0 Å². The molecule has 2 heterocycles. The molecule has 80 valence electrons. The minimum absolute atomic E-state index is 0.0473. The van der Waals surface area contributed by atoms with Crippen molar-refractivity contribution in [3.63, 3.8) is 0 Å². The van der Waals surface area contributed by atoms with Crippen LogP contribution in [0.2, 0.25) is 0 Å². The molecule has 1 spiro atoms. The van der Waals surface area contributed by atoms with Crippen molar-refractivity contribution in [3.05, 3.63) is 0 Å². The lowest BCUT2D eigenvalue weighted by Gasteiger charge is -2.37. The molecule has 4 heteroatoms. The topological polar surface area (TPSA) is 50.8 Å². The van der Waals surface area contributed by atoms with Crippen LogP contribution < -0.4 is 5.73 Å². The van der Waals surface area contributed by atoms with Crippen LogP contribution in [0.4, 0.5) is 0 Å². The molecule has 2 rings (SSSR count). The lowest BCUT2D eigenvalue weighted by Crippen LogP contribution is -2.47. The molecule has 0 amide bonds. The molecule has 2 N–H and O–H groups in total. The van der Waals surface area contributed by atoms with Gasteiger partial charge in [-0.3, -0.25) is 0 Å². The van der Waals surface area contributed by atoms with Crippen LogP contribution in [0.15, 0.2) is 4.99 Å². The Kier molecular flexibility index (Phi) is 2.63. The zero-order valence-corrected chi connectivity index (χ0v) is 8.83. The highest BCUT2D eigenvalue weighted by Gasteiger charge is 2.40. The first-order chi connectivity index (χ1) is 6.74. The van der Waals surface area contributed by atoms with E-state index in [4.69, 9.17) is 10.5 Å². The lowest BCUT2D eigenvalue weighted by atomic mass is 9.91. The van der Waals surface area contributed by atoms with Crippen molar-refractivity contribution >= 4 is 6.02 Å². The SMILES string of the molecule is CCCN1CCC2(CC1)CN=C(N)O2. The number of nitrogens with two attached hydrogens (primary N) is 1. The Labute approximate surface area is 85.1 Å². The first-order valence-electron chi connectivity index (χ1n) is 5.45. The van der Waals surface area contributed by atoms with Gasteiger partial charge in [0.05, 0.1) is 6.54 Å². The number of nitrogens with zero attached hydrogens (tertiary/aromatic N) is 2. The largest absolute Gasteiger partial charge is 0.457 e. The van der Waals surface area contributed by atoms with Crippen molar-refractivity contribution in [1.29, 1.82) is 0 Å². The zero-order chi connectivity index (χ0) is 10.0. The van der Waals surface area contributed by atoms with Gasteiger partial charge in [-0.25, -0.2) is 4.99 Å². The van der Waals surface area contributed by atoms with Crippen LogP contribution in [0.3, 0.4) is 0 Å². The summed E-state index contributed by atoms with van der Waals surface area (Å²) in [6.07, 6.45) is 3.36. The number of hydrogen-bond donors (Lipinski definition) is 1. The second-order valence-electron chi connectivity index (χ2n) is 4.28. The van der Waals surface area contributed by atoms with Crippen molar-refractivity contribution < 1.29 is 4.74 Å². The second kappa shape index (κ2) is 3.77. The van der Waals surface area contributed by atoms with Gasteiger partial charge < -0.3 is 15.4 Å². The number of hydrogen-bond acceptors (Lipinski definition) is 4. The number of aliphatic imine (C=N–C) groups is 1. The van der Waals surface area contributed by atoms with Gasteiger partial charge in [0, 0.05) is 25.9 Å². The first kappa shape index (κ1) is 9.77. The molecule has 2 aliphatic rings. The molecular weight excluding hydrogens is 178 g/mol. The number of amidine groups is 1. The molecule has 4 nitrogen and oxygen atoms in total. The van der Waals surface area contributed by atoms with Crippen LogP contribution in [-0.2, 0) is 4.74 Å². The summed E-state index contributed by atoms with van der Waals surface area (Å²) in [5.41, 5.74) is 5.50. The van der Waals surface area contributed by atoms with Crippen molar-refractivity contribution in [1.82, 2.24) is 4.90 Å². The maximum absolute atomic E-state index is 5.62. The average molecular weight is 197 g/mol. The van der Waals surface area contributed by atoms with Gasteiger partial charge in [0.1, 0.15) is 5.60 Å². The van der Waals surface area contributed by atoms with Crippen LogP contribution in [0, 0.1) is 0 Å². The van der Waals surface area contributed by atoms with Gasteiger partial charge in [-0.1, -0.05) is 6.92 Å². The van der Waals surface area contributed by atoms with Crippen molar-refractivity contribution in [2.45, 2.75) is 31.8 Å². The van der Waals surface area contributed by atoms with Crippen molar-refractivity contribution in [2.24, 2.45) is 10.7 Å². The maximum Gasteiger partial charge on any atom is 0.282 e. The van der Waals surface area contributed by atoms with Gasteiger partial charge in [0.2, 0.25) is 0 Å². The molecule has 0 aromatic carbocycles. The summed E-state index contributed by atoms with van der Waals surface area (Å²) in [6.45, 7) is 6.43. The van der Waals surface area contributed by atoms with E-state index in [2.05, 4.69) is 16.8 Å². The molecule has 0 saturated carbocycles. The summed E-state index contributed by atoms with van der Waals surface area (Å²) in [5.74, 6) is 0. The first-order valence-corrected chi connectivity index (χ1v) is 5.45. The van der Waals surface area contributed by atoms with Crippen LogP contribution in [0.5, 0.6) is 0 Å². The molecule has 1 saturated heterocycles. The molecular formula is C10H19N3O. The van der Waals surface area contributed by atoms with E-state index in [1.807, 2.05) is 0 Å². The Hall–Kier alpha value is -0.770. The van der Waals surface area contributed by atoms with E-state index < -0.39 is 0 Å². The van der Waals surface area contributed by atoms with E-state index in [-0.39, 0.29) is 5.60 Å². The number of rotatable bonds is 2. The Morgan fingerprint density at radius 2 is 2.21 bits per heavy atom. The Balaban J connectivity index is 1.84. The molecule has 0 atom stereocenters. The molecule has 14 heavy (non-hydrogen) atoms. The predicted octanol–water partition coefficient (Wildman–Crippen LogP) is 0.576. The van der Waals surface area contributed by atoms with Gasteiger partial charge in [0.15, 0.2) is 0 Å². The van der Waals surface area contributed by atoms with Crippen LogP contribution in [0.1, 0.15) is 26.2 Å². The highest BCUT2D eigenvalue weighted by atomic mass is 16.5. The normalized spacial score (nSPS) is 26.2. The molecule has 0 aliphatic carbocycles. The third-order valence-corrected chi connectivity index (χ3v) is 3.15. The van der Waals surface area contributed by atoms with E-state index >= 15 is 0 Å². The van der Waals surface area contributed by atoms with Gasteiger partial charge in [-0.15, -0.1) is 0 Å². The molecule has 0 bridgehead atoms. The fourth-order valence-corrected chi connectivity index (χ4v) is 2.27. The van der Waals surface area contributed by atoms with Gasteiger partial charge in [-0.05, 0) is 13.0 Å². The summed E-state index contributed by atoms with van der Waals surface area (Å²) in [6, 6.07) is 0.383. The summed E-state index contributed by atoms with van der Waals surface area (Å²) in [5, 5.41) is 0. The van der Waals surface area contributed by atoms with E-state index in [1.165, 1.54) is 13.0 Å². The molecule has 2 aliphatic heterocycles.